The Morgan fingerprint density at radius 3 is 2.59 bits per heavy atom. The zero-order chi connectivity index (χ0) is 21.1. The molecule has 1 unspecified atom stereocenters. The Kier molecular flexibility index (Phi) is 5.76. The molecule has 0 spiro atoms. The van der Waals surface area contributed by atoms with Gasteiger partial charge in [0, 0.05) is 24.5 Å². The van der Waals surface area contributed by atoms with E-state index in [1.165, 1.54) is 4.68 Å². The maximum atomic E-state index is 12.5. The summed E-state index contributed by atoms with van der Waals surface area (Å²) in [5, 5.41) is 26.6. The van der Waals surface area contributed by atoms with Crippen LogP contribution in [0.5, 0.6) is 0 Å². The molecule has 3 rings (SSSR count). The van der Waals surface area contributed by atoms with Crippen molar-refractivity contribution in [2.24, 2.45) is 5.92 Å². The van der Waals surface area contributed by atoms with E-state index in [4.69, 9.17) is 0 Å². The smallest absolute Gasteiger partial charge is 0.312 e. The van der Waals surface area contributed by atoms with Crippen molar-refractivity contribution in [1.29, 1.82) is 0 Å². The van der Waals surface area contributed by atoms with Crippen LogP contribution in [0.15, 0.2) is 24.8 Å². The molecule has 0 radical (unpaired) electrons. The first kappa shape index (κ1) is 20.2. The van der Waals surface area contributed by atoms with E-state index in [1.807, 2.05) is 17.8 Å². The number of carbonyl (C=O) groups excluding carboxylic acids is 1. The Bertz CT molecular complexity index is 1030. The van der Waals surface area contributed by atoms with Crippen LogP contribution in [0, 0.1) is 29.9 Å². The average Bonchev–Trinajstić information content (AvgIpc) is 3.36. The molecule has 0 bridgehead atoms. The molecule has 11 heteroatoms. The Hall–Kier alpha value is -3.50. The molecule has 11 nitrogen and oxygen atoms in total. The predicted octanol–water partition coefficient (Wildman–Crippen LogP) is 2.14. The number of amides is 1. The van der Waals surface area contributed by atoms with E-state index in [9.17, 15) is 14.9 Å². The third-order valence-corrected chi connectivity index (χ3v) is 4.68. The highest BCUT2D eigenvalue weighted by Crippen LogP contribution is 2.22. The fourth-order valence-electron chi connectivity index (χ4n) is 3.10. The van der Waals surface area contributed by atoms with E-state index >= 15 is 0 Å². The fraction of sp³-hybridized carbons (Fsp3) is 0.444. The molecule has 1 atom stereocenters. The van der Waals surface area contributed by atoms with Gasteiger partial charge in [-0.1, -0.05) is 6.92 Å². The standard InChI is InChI=1S/C18H24N8O3/c1-5-23-9-15(6-19-23)10-24-11-16(7-20-24)21-18(27)12(2)8-25-14(4)17(26(28)29)13(3)22-25/h6-7,9,11-12H,5,8,10H2,1-4H3,(H,21,27). The minimum Gasteiger partial charge on any atom is -0.323 e. The van der Waals surface area contributed by atoms with Crippen LogP contribution in [0.25, 0.3) is 0 Å². The summed E-state index contributed by atoms with van der Waals surface area (Å²) in [6.07, 6.45) is 7.08. The third-order valence-electron chi connectivity index (χ3n) is 4.68. The Morgan fingerprint density at radius 2 is 1.97 bits per heavy atom. The summed E-state index contributed by atoms with van der Waals surface area (Å²) >= 11 is 0. The van der Waals surface area contributed by atoms with Crippen LogP contribution in [0.2, 0.25) is 0 Å². The lowest BCUT2D eigenvalue weighted by molar-refractivity contribution is -0.386. The third kappa shape index (κ3) is 4.50. The highest BCUT2D eigenvalue weighted by molar-refractivity contribution is 5.92. The van der Waals surface area contributed by atoms with Gasteiger partial charge in [-0.05, 0) is 20.8 Å². The molecule has 3 aromatic heterocycles. The molecule has 29 heavy (non-hydrogen) atoms. The molecule has 3 aromatic rings. The first-order valence-corrected chi connectivity index (χ1v) is 9.31. The number of nitrogens with zero attached hydrogens (tertiary/aromatic N) is 7. The minimum absolute atomic E-state index is 0.00900. The van der Waals surface area contributed by atoms with Crippen LogP contribution in [0.4, 0.5) is 11.4 Å². The zero-order valence-electron chi connectivity index (χ0n) is 16.9. The lowest BCUT2D eigenvalue weighted by Gasteiger charge is -2.12. The average molecular weight is 400 g/mol. The molecule has 1 amide bonds. The summed E-state index contributed by atoms with van der Waals surface area (Å²) in [5.74, 6) is -0.641. The number of aryl methyl sites for hydroxylation is 2. The minimum atomic E-state index is -0.447. The molecule has 1 N–H and O–H groups in total. The number of aromatic nitrogens is 6. The van der Waals surface area contributed by atoms with Crippen molar-refractivity contribution in [3.05, 3.63) is 51.9 Å². The van der Waals surface area contributed by atoms with Crippen molar-refractivity contribution in [1.82, 2.24) is 29.3 Å². The Labute approximate surface area is 167 Å². The maximum Gasteiger partial charge on any atom is 0.312 e. The fourth-order valence-corrected chi connectivity index (χ4v) is 3.10. The summed E-state index contributed by atoms with van der Waals surface area (Å²) in [7, 11) is 0. The van der Waals surface area contributed by atoms with Gasteiger partial charge >= 0.3 is 5.69 Å². The van der Waals surface area contributed by atoms with Gasteiger partial charge < -0.3 is 5.32 Å². The van der Waals surface area contributed by atoms with Crippen molar-refractivity contribution >= 4 is 17.3 Å². The molecule has 3 heterocycles. The highest BCUT2D eigenvalue weighted by Gasteiger charge is 2.24. The molecule has 0 aliphatic rings. The van der Waals surface area contributed by atoms with Gasteiger partial charge in [0.1, 0.15) is 11.4 Å². The van der Waals surface area contributed by atoms with Crippen molar-refractivity contribution < 1.29 is 9.72 Å². The summed E-state index contributed by atoms with van der Waals surface area (Å²) in [5.41, 5.74) is 2.38. The van der Waals surface area contributed by atoms with Gasteiger partial charge in [-0.2, -0.15) is 15.3 Å². The first-order valence-electron chi connectivity index (χ1n) is 9.31. The van der Waals surface area contributed by atoms with Crippen molar-refractivity contribution in [2.75, 3.05) is 5.32 Å². The normalized spacial score (nSPS) is 12.1. The van der Waals surface area contributed by atoms with E-state index in [1.54, 1.807) is 44.0 Å². The van der Waals surface area contributed by atoms with Crippen molar-refractivity contribution in [3.63, 3.8) is 0 Å². The molecule has 0 saturated heterocycles. The molecular formula is C18H24N8O3. The number of rotatable bonds is 8. The lowest BCUT2D eigenvalue weighted by Crippen LogP contribution is -2.25. The van der Waals surface area contributed by atoms with Gasteiger partial charge in [0.2, 0.25) is 5.91 Å². The largest absolute Gasteiger partial charge is 0.323 e. The first-order chi connectivity index (χ1) is 13.8. The number of hydrogen-bond donors (Lipinski definition) is 1. The molecule has 0 fully saturated rings. The molecular weight excluding hydrogens is 376 g/mol. The highest BCUT2D eigenvalue weighted by atomic mass is 16.6. The quantitative estimate of drug-likeness (QED) is 0.456. The summed E-state index contributed by atoms with van der Waals surface area (Å²) < 4.78 is 5.07. The summed E-state index contributed by atoms with van der Waals surface area (Å²) in [6.45, 7) is 8.59. The molecule has 0 aromatic carbocycles. The van der Waals surface area contributed by atoms with Gasteiger partial charge in [0.05, 0.1) is 42.0 Å². The van der Waals surface area contributed by atoms with Crippen LogP contribution in [0.3, 0.4) is 0 Å². The lowest BCUT2D eigenvalue weighted by atomic mass is 10.1. The predicted molar refractivity (Wildman–Crippen MR) is 105 cm³/mol. The number of hydrogen-bond acceptors (Lipinski definition) is 6. The zero-order valence-corrected chi connectivity index (χ0v) is 16.9. The van der Waals surface area contributed by atoms with E-state index in [2.05, 4.69) is 20.6 Å². The molecule has 0 saturated carbocycles. The van der Waals surface area contributed by atoms with Crippen LogP contribution in [0.1, 0.15) is 30.8 Å². The monoisotopic (exact) mass is 400 g/mol. The van der Waals surface area contributed by atoms with E-state index in [0.717, 1.165) is 12.1 Å². The SMILES string of the molecule is CCn1cc(Cn2cc(NC(=O)C(C)Cn3nc(C)c([N+](=O)[O-])c3C)cn2)cn1. The number of nitrogens with one attached hydrogen (secondary N) is 1. The Balaban J connectivity index is 1.61. The van der Waals surface area contributed by atoms with Gasteiger partial charge in [0.15, 0.2) is 0 Å². The van der Waals surface area contributed by atoms with Gasteiger partial charge in [-0.3, -0.25) is 29.0 Å². The van der Waals surface area contributed by atoms with Gasteiger partial charge in [0.25, 0.3) is 0 Å². The molecule has 0 aliphatic carbocycles. The number of carbonyl (C=O) groups is 1. The van der Waals surface area contributed by atoms with Crippen LogP contribution < -0.4 is 5.32 Å². The molecule has 0 aliphatic heterocycles. The Morgan fingerprint density at radius 1 is 1.24 bits per heavy atom. The van der Waals surface area contributed by atoms with Gasteiger partial charge in [-0.25, -0.2) is 0 Å². The van der Waals surface area contributed by atoms with Crippen molar-refractivity contribution in [2.45, 2.75) is 47.3 Å². The molecule has 154 valence electrons. The summed E-state index contributed by atoms with van der Waals surface area (Å²) in [6, 6.07) is 0. The van der Waals surface area contributed by atoms with E-state index in [-0.39, 0.29) is 18.1 Å². The van der Waals surface area contributed by atoms with Crippen LogP contribution >= 0.6 is 0 Å². The van der Waals surface area contributed by atoms with Crippen LogP contribution in [-0.4, -0.2) is 40.2 Å². The van der Waals surface area contributed by atoms with Crippen molar-refractivity contribution in [3.8, 4) is 0 Å². The van der Waals surface area contributed by atoms with Crippen LogP contribution in [-0.2, 0) is 24.4 Å². The van der Waals surface area contributed by atoms with Gasteiger partial charge in [-0.15, -0.1) is 0 Å². The second-order valence-electron chi connectivity index (χ2n) is 6.98. The topological polar surface area (TPSA) is 126 Å². The number of nitro groups is 1. The summed E-state index contributed by atoms with van der Waals surface area (Å²) in [4.78, 5) is 23.2. The second kappa shape index (κ2) is 8.25. The van der Waals surface area contributed by atoms with E-state index in [0.29, 0.717) is 23.6 Å². The van der Waals surface area contributed by atoms with E-state index < -0.39 is 10.8 Å². The maximum absolute atomic E-state index is 12.5. The second-order valence-corrected chi connectivity index (χ2v) is 6.98. The number of anilines is 1.